The van der Waals surface area contributed by atoms with Gasteiger partial charge < -0.3 is 14.8 Å². The van der Waals surface area contributed by atoms with Crippen LogP contribution in [0.25, 0.3) is 10.9 Å². The molecule has 0 unspecified atom stereocenters. The quantitative estimate of drug-likeness (QED) is 0.458. The first kappa shape index (κ1) is 22.4. The molecule has 36 heavy (non-hydrogen) atoms. The van der Waals surface area contributed by atoms with Crippen LogP contribution in [0.1, 0.15) is 62.0 Å². The Bertz CT molecular complexity index is 1520. The van der Waals surface area contributed by atoms with E-state index in [0.717, 1.165) is 29.7 Å². The summed E-state index contributed by atoms with van der Waals surface area (Å²) in [6, 6.07) is 4.72. The SMILES string of the molecule is Cc1cnc(C2(N(C)C(=O)c3[nH]nc4c3CN(C(=O)c3cc5c(C)c(F)ccc5[nH]3)CC4)CC2)nc1. The van der Waals surface area contributed by atoms with Crippen LogP contribution in [0.5, 0.6) is 0 Å². The van der Waals surface area contributed by atoms with Crippen LogP contribution in [0.2, 0.25) is 0 Å². The van der Waals surface area contributed by atoms with E-state index in [4.69, 9.17) is 0 Å². The minimum absolute atomic E-state index is 0.198. The molecule has 1 aliphatic heterocycles. The number of nitrogens with one attached hydrogen (secondary N) is 2. The summed E-state index contributed by atoms with van der Waals surface area (Å²) in [7, 11) is 1.77. The fourth-order valence-corrected chi connectivity index (χ4v) is 5.07. The zero-order chi connectivity index (χ0) is 25.2. The zero-order valence-corrected chi connectivity index (χ0v) is 20.4. The third-order valence-electron chi connectivity index (χ3n) is 7.53. The molecule has 2 amide bonds. The van der Waals surface area contributed by atoms with Gasteiger partial charge in [0.25, 0.3) is 11.8 Å². The summed E-state index contributed by atoms with van der Waals surface area (Å²) in [4.78, 5) is 42.4. The van der Waals surface area contributed by atoms with Crippen LogP contribution < -0.4 is 0 Å². The van der Waals surface area contributed by atoms with Crippen molar-refractivity contribution < 1.29 is 14.0 Å². The summed E-state index contributed by atoms with van der Waals surface area (Å²) in [6.07, 6.45) is 5.65. The number of nitrogens with zero attached hydrogens (tertiary/aromatic N) is 5. The lowest BCUT2D eigenvalue weighted by Gasteiger charge is -2.29. The predicted octanol–water partition coefficient (Wildman–Crippen LogP) is 3.40. The number of aromatic amines is 2. The van der Waals surface area contributed by atoms with Gasteiger partial charge in [0.05, 0.1) is 12.2 Å². The van der Waals surface area contributed by atoms with Gasteiger partial charge in [0.1, 0.15) is 22.7 Å². The summed E-state index contributed by atoms with van der Waals surface area (Å²) < 4.78 is 14.0. The Morgan fingerprint density at radius 1 is 1.17 bits per heavy atom. The fraction of sp³-hybridized carbons (Fsp3) is 0.346. The highest BCUT2D eigenvalue weighted by Gasteiger charge is 2.53. The van der Waals surface area contributed by atoms with E-state index in [2.05, 4.69) is 25.1 Å². The summed E-state index contributed by atoms with van der Waals surface area (Å²) in [5.41, 5.74) is 3.95. The molecule has 0 radical (unpaired) electrons. The number of aryl methyl sites for hydroxylation is 2. The van der Waals surface area contributed by atoms with E-state index in [-0.39, 0.29) is 24.2 Å². The number of amides is 2. The average Bonchev–Trinajstić information content (AvgIpc) is 3.39. The smallest absolute Gasteiger partial charge is 0.272 e. The van der Waals surface area contributed by atoms with Gasteiger partial charge in [-0.15, -0.1) is 0 Å². The van der Waals surface area contributed by atoms with E-state index < -0.39 is 5.54 Å². The molecule has 4 heterocycles. The van der Waals surface area contributed by atoms with Gasteiger partial charge in [0, 0.05) is 48.9 Å². The number of H-pyrrole nitrogens is 2. The van der Waals surface area contributed by atoms with Crippen molar-refractivity contribution in [3.05, 3.63) is 76.0 Å². The maximum atomic E-state index is 14.0. The van der Waals surface area contributed by atoms with E-state index in [0.29, 0.717) is 46.6 Å². The number of aromatic nitrogens is 5. The Labute approximate surface area is 206 Å². The van der Waals surface area contributed by atoms with Gasteiger partial charge in [-0.25, -0.2) is 14.4 Å². The molecule has 0 atom stereocenters. The molecule has 1 aliphatic carbocycles. The first-order valence-corrected chi connectivity index (χ1v) is 12.0. The van der Waals surface area contributed by atoms with Crippen LogP contribution in [0.4, 0.5) is 4.39 Å². The van der Waals surface area contributed by atoms with Gasteiger partial charge in [-0.2, -0.15) is 5.10 Å². The molecule has 184 valence electrons. The second kappa shape index (κ2) is 7.97. The van der Waals surface area contributed by atoms with Gasteiger partial charge in [-0.05, 0) is 56.0 Å². The highest BCUT2D eigenvalue weighted by atomic mass is 19.1. The van der Waals surface area contributed by atoms with Gasteiger partial charge in [-0.3, -0.25) is 14.7 Å². The number of rotatable bonds is 4. The maximum absolute atomic E-state index is 14.0. The fourth-order valence-electron chi connectivity index (χ4n) is 5.07. The number of halogens is 1. The zero-order valence-electron chi connectivity index (χ0n) is 20.4. The van der Waals surface area contributed by atoms with Crippen molar-refractivity contribution >= 4 is 22.7 Å². The predicted molar refractivity (Wildman–Crippen MR) is 130 cm³/mol. The molecule has 6 rings (SSSR count). The molecule has 1 aromatic carbocycles. The van der Waals surface area contributed by atoms with Crippen molar-refractivity contribution in [3.63, 3.8) is 0 Å². The molecule has 2 N–H and O–H groups in total. The van der Waals surface area contributed by atoms with Crippen molar-refractivity contribution in [2.45, 2.75) is 45.2 Å². The molecule has 0 bridgehead atoms. The summed E-state index contributed by atoms with van der Waals surface area (Å²) in [5, 5.41) is 7.99. The lowest BCUT2D eigenvalue weighted by atomic mass is 10.0. The number of benzene rings is 1. The molecular formula is C26H26FN7O2. The maximum Gasteiger partial charge on any atom is 0.272 e. The minimum atomic E-state index is -0.523. The number of hydrogen-bond donors (Lipinski definition) is 2. The van der Waals surface area contributed by atoms with E-state index in [1.54, 1.807) is 48.3 Å². The van der Waals surface area contributed by atoms with E-state index in [1.807, 2.05) is 6.92 Å². The molecule has 9 nitrogen and oxygen atoms in total. The highest BCUT2D eigenvalue weighted by Crippen LogP contribution is 2.49. The van der Waals surface area contributed by atoms with Gasteiger partial charge in [0.2, 0.25) is 0 Å². The lowest BCUT2D eigenvalue weighted by Crippen LogP contribution is -2.40. The molecule has 1 fully saturated rings. The Morgan fingerprint density at radius 3 is 2.64 bits per heavy atom. The Balaban J connectivity index is 1.26. The van der Waals surface area contributed by atoms with Crippen LogP contribution >= 0.6 is 0 Å². The Morgan fingerprint density at radius 2 is 1.92 bits per heavy atom. The number of carbonyl (C=O) groups is 2. The van der Waals surface area contributed by atoms with Crippen molar-refractivity contribution in [3.8, 4) is 0 Å². The summed E-state index contributed by atoms with van der Waals surface area (Å²) in [5.74, 6) is -0.0642. The molecular weight excluding hydrogens is 461 g/mol. The van der Waals surface area contributed by atoms with Crippen molar-refractivity contribution in [1.82, 2.24) is 34.9 Å². The molecule has 1 saturated carbocycles. The molecule has 0 saturated heterocycles. The molecule has 3 aromatic heterocycles. The third-order valence-corrected chi connectivity index (χ3v) is 7.53. The van der Waals surface area contributed by atoms with Gasteiger partial charge in [-0.1, -0.05) is 0 Å². The first-order chi connectivity index (χ1) is 17.3. The van der Waals surface area contributed by atoms with E-state index in [1.165, 1.54) is 6.07 Å². The highest BCUT2D eigenvalue weighted by molar-refractivity contribution is 5.99. The summed E-state index contributed by atoms with van der Waals surface area (Å²) in [6.45, 7) is 4.36. The van der Waals surface area contributed by atoms with Crippen LogP contribution in [0, 0.1) is 19.7 Å². The van der Waals surface area contributed by atoms with Gasteiger partial charge >= 0.3 is 0 Å². The number of carbonyl (C=O) groups excluding carboxylic acids is 2. The topological polar surface area (TPSA) is 111 Å². The van der Waals surface area contributed by atoms with Crippen molar-refractivity contribution in [2.75, 3.05) is 13.6 Å². The monoisotopic (exact) mass is 487 g/mol. The minimum Gasteiger partial charge on any atom is -0.351 e. The van der Waals surface area contributed by atoms with E-state index >= 15 is 0 Å². The van der Waals surface area contributed by atoms with Crippen molar-refractivity contribution in [2.24, 2.45) is 0 Å². The molecule has 4 aromatic rings. The molecule has 10 heteroatoms. The largest absolute Gasteiger partial charge is 0.351 e. The third kappa shape index (κ3) is 3.39. The first-order valence-electron chi connectivity index (χ1n) is 12.0. The van der Waals surface area contributed by atoms with E-state index in [9.17, 15) is 14.0 Å². The molecule has 2 aliphatic rings. The Hall–Kier alpha value is -4.08. The normalized spacial score (nSPS) is 16.2. The second-order valence-corrected chi connectivity index (χ2v) is 9.80. The average molecular weight is 488 g/mol. The van der Waals surface area contributed by atoms with Gasteiger partial charge in [0.15, 0.2) is 5.82 Å². The summed E-state index contributed by atoms with van der Waals surface area (Å²) >= 11 is 0. The number of hydrogen-bond acceptors (Lipinski definition) is 5. The van der Waals surface area contributed by atoms with Crippen LogP contribution in [0.3, 0.4) is 0 Å². The van der Waals surface area contributed by atoms with Crippen LogP contribution in [-0.2, 0) is 18.5 Å². The van der Waals surface area contributed by atoms with Crippen LogP contribution in [0.15, 0.2) is 30.6 Å². The number of fused-ring (bicyclic) bond motifs is 2. The second-order valence-electron chi connectivity index (χ2n) is 9.80. The Kier molecular flexibility index (Phi) is 4.96. The lowest BCUT2D eigenvalue weighted by molar-refractivity contribution is 0.0674. The van der Waals surface area contributed by atoms with Crippen molar-refractivity contribution in [1.29, 1.82) is 0 Å². The standard InChI is InChI=1S/C26H26FN7O2/c1-14-11-28-25(29-12-14)26(7-8-26)33(3)24(36)22-17-13-34(9-6-20(17)31-32-22)23(35)21-10-16-15(2)18(27)4-5-19(16)30-21/h4-5,10-12,30H,6-9,13H2,1-3H3,(H,31,32). The molecule has 0 spiro atoms. The van der Waals surface area contributed by atoms with Crippen LogP contribution in [-0.4, -0.2) is 60.4 Å².